The Balaban J connectivity index is 1.64. The number of hydrogen-bond acceptors (Lipinski definition) is 5. The number of benzene rings is 1. The zero-order chi connectivity index (χ0) is 21.2. The van der Waals surface area contributed by atoms with Crippen molar-refractivity contribution in [3.05, 3.63) is 56.7 Å². The summed E-state index contributed by atoms with van der Waals surface area (Å²) in [5, 5.41) is 7.96. The second-order valence-corrected chi connectivity index (χ2v) is 8.00. The molecule has 29 heavy (non-hydrogen) atoms. The Labute approximate surface area is 176 Å². The maximum absolute atomic E-state index is 12.9. The molecule has 0 radical (unpaired) electrons. The molecule has 0 aliphatic heterocycles. The van der Waals surface area contributed by atoms with Gasteiger partial charge in [-0.3, -0.25) is 9.59 Å². The predicted octanol–water partition coefficient (Wildman–Crippen LogP) is 5.25. The van der Waals surface area contributed by atoms with Gasteiger partial charge in [0.05, 0.1) is 17.1 Å². The summed E-state index contributed by atoms with van der Waals surface area (Å²) < 4.78 is 38.8. The van der Waals surface area contributed by atoms with Crippen LogP contribution >= 0.6 is 34.3 Å². The molecule has 0 bridgehead atoms. The van der Waals surface area contributed by atoms with Crippen molar-refractivity contribution in [1.29, 1.82) is 0 Å². The summed E-state index contributed by atoms with van der Waals surface area (Å²) in [6.07, 6.45) is -4.64. The van der Waals surface area contributed by atoms with Crippen LogP contribution in [0.5, 0.6) is 0 Å². The van der Waals surface area contributed by atoms with Crippen molar-refractivity contribution in [3.63, 3.8) is 0 Å². The third kappa shape index (κ3) is 5.14. The lowest BCUT2D eigenvalue weighted by Gasteiger charge is -2.16. The molecule has 0 atom stereocenters. The molecular formula is C18H13ClF3N3O2S2. The SMILES string of the molecule is CN(CC(=O)Nc1ccc(Cl)c(C(F)(F)F)c1)C(=O)c1csc(-c2ccsc2)n1. The van der Waals surface area contributed by atoms with Crippen LogP contribution in [0.1, 0.15) is 16.1 Å². The number of amides is 2. The number of halogens is 4. The number of thiazole rings is 1. The summed E-state index contributed by atoms with van der Waals surface area (Å²) >= 11 is 8.38. The number of carbonyl (C=O) groups is 2. The van der Waals surface area contributed by atoms with Crippen LogP contribution in [0.25, 0.3) is 10.6 Å². The van der Waals surface area contributed by atoms with Gasteiger partial charge >= 0.3 is 6.18 Å². The topological polar surface area (TPSA) is 62.3 Å². The van der Waals surface area contributed by atoms with Gasteiger partial charge in [-0.05, 0) is 29.6 Å². The van der Waals surface area contributed by atoms with E-state index in [0.717, 1.165) is 22.6 Å². The smallest absolute Gasteiger partial charge is 0.331 e. The van der Waals surface area contributed by atoms with E-state index < -0.39 is 28.6 Å². The molecule has 3 aromatic rings. The molecule has 1 N–H and O–H groups in total. The number of anilines is 1. The Kier molecular flexibility index (Phi) is 6.25. The van der Waals surface area contributed by atoms with Gasteiger partial charge in [0.2, 0.25) is 5.91 Å². The molecule has 0 saturated carbocycles. The number of carbonyl (C=O) groups excluding carboxylic acids is 2. The van der Waals surface area contributed by atoms with Crippen LogP contribution in [-0.4, -0.2) is 35.3 Å². The highest BCUT2D eigenvalue weighted by atomic mass is 35.5. The normalized spacial score (nSPS) is 11.3. The minimum Gasteiger partial charge on any atom is -0.331 e. The lowest BCUT2D eigenvalue weighted by Crippen LogP contribution is -2.35. The first-order valence-electron chi connectivity index (χ1n) is 8.05. The quantitative estimate of drug-likeness (QED) is 0.566. The van der Waals surface area contributed by atoms with E-state index in [9.17, 15) is 22.8 Å². The van der Waals surface area contributed by atoms with Gasteiger partial charge in [0.25, 0.3) is 5.91 Å². The van der Waals surface area contributed by atoms with E-state index in [1.54, 1.807) is 5.38 Å². The van der Waals surface area contributed by atoms with Crippen molar-refractivity contribution in [2.75, 3.05) is 18.9 Å². The van der Waals surface area contributed by atoms with E-state index in [4.69, 9.17) is 11.6 Å². The summed E-state index contributed by atoms with van der Waals surface area (Å²) in [7, 11) is 1.41. The fourth-order valence-electron chi connectivity index (χ4n) is 2.39. The Morgan fingerprint density at radius 3 is 2.66 bits per heavy atom. The fourth-order valence-corrected chi connectivity index (χ4v) is 4.12. The Morgan fingerprint density at radius 2 is 2.00 bits per heavy atom. The minimum atomic E-state index is -4.64. The minimum absolute atomic E-state index is 0.0685. The Hall–Kier alpha value is -2.43. The van der Waals surface area contributed by atoms with Crippen molar-refractivity contribution in [2.24, 2.45) is 0 Å². The number of nitrogens with zero attached hydrogens (tertiary/aromatic N) is 2. The lowest BCUT2D eigenvalue weighted by atomic mass is 10.2. The van der Waals surface area contributed by atoms with E-state index in [-0.39, 0.29) is 17.9 Å². The number of rotatable bonds is 5. The molecule has 2 aromatic heterocycles. The van der Waals surface area contributed by atoms with Crippen LogP contribution in [-0.2, 0) is 11.0 Å². The fraction of sp³-hybridized carbons (Fsp3) is 0.167. The zero-order valence-electron chi connectivity index (χ0n) is 14.8. The zero-order valence-corrected chi connectivity index (χ0v) is 17.2. The molecule has 0 saturated heterocycles. The first-order valence-corrected chi connectivity index (χ1v) is 10.3. The van der Waals surface area contributed by atoms with Gasteiger partial charge in [-0.25, -0.2) is 4.98 Å². The van der Waals surface area contributed by atoms with E-state index in [0.29, 0.717) is 5.01 Å². The average molecular weight is 460 g/mol. The van der Waals surface area contributed by atoms with Crippen LogP contribution in [0.3, 0.4) is 0 Å². The maximum Gasteiger partial charge on any atom is 0.417 e. The highest BCUT2D eigenvalue weighted by molar-refractivity contribution is 7.14. The van der Waals surface area contributed by atoms with E-state index in [1.165, 1.54) is 35.8 Å². The van der Waals surface area contributed by atoms with Crippen molar-refractivity contribution < 1.29 is 22.8 Å². The lowest BCUT2D eigenvalue weighted by molar-refractivity contribution is -0.137. The molecule has 0 fully saturated rings. The second-order valence-electron chi connectivity index (χ2n) is 5.95. The van der Waals surface area contributed by atoms with Crippen LogP contribution in [0.15, 0.2) is 40.4 Å². The number of aromatic nitrogens is 1. The standard InChI is InChI=1S/C18H13ClF3N3O2S2/c1-25(17(27)14-9-29-16(24-14)10-4-5-28-8-10)7-15(26)23-11-2-3-13(19)12(6-11)18(20,21)22/h2-6,8-9H,7H2,1H3,(H,23,26). The average Bonchev–Trinajstić information content (AvgIpc) is 3.33. The molecule has 2 amide bonds. The number of likely N-dealkylation sites (N-methyl/N-ethyl adjacent to an activating group) is 1. The highest BCUT2D eigenvalue weighted by Gasteiger charge is 2.33. The molecule has 2 heterocycles. The number of nitrogens with one attached hydrogen (secondary N) is 1. The first kappa shape index (κ1) is 21.3. The van der Waals surface area contributed by atoms with Crippen molar-refractivity contribution in [1.82, 2.24) is 9.88 Å². The van der Waals surface area contributed by atoms with Crippen LogP contribution in [0.4, 0.5) is 18.9 Å². The van der Waals surface area contributed by atoms with Gasteiger partial charge in [-0.15, -0.1) is 11.3 Å². The molecule has 5 nitrogen and oxygen atoms in total. The number of thiophene rings is 1. The molecule has 152 valence electrons. The highest BCUT2D eigenvalue weighted by Crippen LogP contribution is 2.36. The van der Waals surface area contributed by atoms with Crippen molar-refractivity contribution in [3.8, 4) is 10.6 Å². The summed E-state index contributed by atoms with van der Waals surface area (Å²) in [4.78, 5) is 30.1. The van der Waals surface area contributed by atoms with E-state index in [1.807, 2.05) is 16.8 Å². The van der Waals surface area contributed by atoms with Gasteiger partial charge in [0.1, 0.15) is 10.7 Å². The van der Waals surface area contributed by atoms with Crippen LogP contribution < -0.4 is 5.32 Å². The van der Waals surface area contributed by atoms with Crippen LogP contribution in [0.2, 0.25) is 5.02 Å². The van der Waals surface area contributed by atoms with Gasteiger partial charge in [-0.1, -0.05) is 11.6 Å². The first-order chi connectivity index (χ1) is 13.6. The maximum atomic E-state index is 12.9. The van der Waals surface area contributed by atoms with E-state index >= 15 is 0 Å². The second kappa shape index (κ2) is 8.52. The van der Waals surface area contributed by atoms with Gasteiger partial charge in [0, 0.05) is 29.1 Å². The number of hydrogen-bond donors (Lipinski definition) is 1. The molecular weight excluding hydrogens is 447 g/mol. The third-order valence-corrected chi connectivity index (χ3v) is 5.68. The summed E-state index contributed by atoms with van der Waals surface area (Å²) in [5.74, 6) is -1.12. The van der Waals surface area contributed by atoms with Crippen molar-refractivity contribution in [2.45, 2.75) is 6.18 Å². The summed E-state index contributed by atoms with van der Waals surface area (Å²) in [5.41, 5.74) is -0.0224. The third-order valence-electron chi connectivity index (χ3n) is 3.77. The largest absolute Gasteiger partial charge is 0.417 e. The van der Waals surface area contributed by atoms with Gasteiger partial charge in [-0.2, -0.15) is 24.5 Å². The molecule has 3 rings (SSSR count). The predicted molar refractivity (Wildman–Crippen MR) is 107 cm³/mol. The van der Waals surface area contributed by atoms with E-state index in [2.05, 4.69) is 10.3 Å². The van der Waals surface area contributed by atoms with Gasteiger partial charge in [0.15, 0.2) is 0 Å². The molecule has 0 aliphatic rings. The Bertz CT molecular complexity index is 1040. The monoisotopic (exact) mass is 459 g/mol. The van der Waals surface area contributed by atoms with Crippen LogP contribution in [0, 0.1) is 0 Å². The molecule has 1 aromatic carbocycles. The number of alkyl halides is 3. The van der Waals surface area contributed by atoms with Crippen molar-refractivity contribution >= 4 is 51.8 Å². The Morgan fingerprint density at radius 1 is 1.24 bits per heavy atom. The summed E-state index contributed by atoms with van der Waals surface area (Å²) in [6.45, 7) is -0.353. The summed E-state index contributed by atoms with van der Waals surface area (Å²) in [6, 6.07) is 4.94. The van der Waals surface area contributed by atoms with Gasteiger partial charge < -0.3 is 10.2 Å². The molecule has 0 unspecified atom stereocenters. The molecule has 0 spiro atoms. The molecule has 0 aliphatic carbocycles. The molecule has 11 heteroatoms.